The fourth-order valence-corrected chi connectivity index (χ4v) is 3.27. The fraction of sp³-hybridized carbons (Fsp3) is 0.471. The molecule has 1 atom stereocenters. The van der Waals surface area contributed by atoms with Gasteiger partial charge < -0.3 is 14.4 Å². The quantitative estimate of drug-likeness (QED) is 0.854. The molecule has 0 aromatic heterocycles. The Morgan fingerprint density at radius 2 is 1.86 bits per heavy atom. The van der Waals surface area contributed by atoms with E-state index in [-0.39, 0.29) is 12.1 Å². The molecule has 1 aliphatic carbocycles. The van der Waals surface area contributed by atoms with Gasteiger partial charge in [-0.1, -0.05) is 12.1 Å². The molecule has 0 spiro atoms. The smallest absolute Gasteiger partial charge is 0.252 e. The van der Waals surface area contributed by atoms with Crippen molar-refractivity contribution in [1.82, 2.24) is 4.90 Å². The normalized spacial score (nSPS) is 21.7. The minimum Gasteiger partial charge on any atom is -0.497 e. The van der Waals surface area contributed by atoms with Crippen LogP contribution in [0.3, 0.4) is 0 Å². The molecule has 1 aliphatic heterocycles. The predicted octanol–water partition coefficient (Wildman–Crippen LogP) is 2.88. The molecule has 0 unspecified atom stereocenters. The third-order valence-corrected chi connectivity index (χ3v) is 4.35. The molecule has 4 heteroatoms. The second-order valence-corrected chi connectivity index (χ2v) is 5.58. The molecule has 3 rings (SSSR count). The Bertz CT molecular complexity index is 562. The summed E-state index contributed by atoms with van der Waals surface area (Å²) in [6.45, 7) is 0.578. The first kappa shape index (κ1) is 14.1. The molecule has 0 bridgehead atoms. The average molecular weight is 287 g/mol. The first-order valence-electron chi connectivity index (χ1n) is 7.43. The van der Waals surface area contributed by atoms with Gasteiger partial charge in [0.2, 0.25) is 0 Å². The van der Waals surface area contributed by atoms with Crippen LogP contribution >= 0.6 is 0 Å². The van der Waals surface area contributed by atoms with Gasteiger partial charge in [-0.05, 0) is 49.0 Å². The van der Waals surface area contributed by atoms with Crippen LogP contribution in [0.2, 0.25) is 0 Å². The molecule has 1 amide bonds. The first-order valence-corrected chi connectivity index (χ1v) is 7.43. The maximum absolute atomic E-state index is 12.6. The van der Waals surface area contributed by atoms with Crippen molar-refractivity contribution >= 4 is 5.91 Å². The van der Waals surface area contributed by atoms with E-state index in [9.17, 15) is 4.79 Å². The van der Waals surface area contributed by atoms with Crippen LogP contribution < -0.4 is 4.74 Å². The molecule has 4 nitrogen and oxygen atoms in total. The number of rotatable bonds is 4. The van der Waals surface area contributed by atoms with Gasteiger partial charge in [0.1, 0.15) is 5.75 Å². The Labute approximate surface area is 125 Å². The van der Waals surface area contributed by atoms with Crippen LogP contribution in [0.4, 0.5) is 0 Å². The van der Waals surface area contributed by atoms with Gasteiger partial charge in [-0.3, -0.25) is 4.79 Å². The van der Waals surface area contributed by atoms with E-state index in [0.29, 0.717) is 6.54 Å². The highest BCUT2D eigenvalue weighted by Gasteiger charge is 2.39. The predicted molar refractivity (Wildman–Crippen MR) is 79.8 cm³/mol. The van der Waals surface area contributed by atoms with E-state index in [4.69, 9.17) is 9.47 Å². The van der Waals surface area contributed by atoms with Crippen LogP contribution in [0.1, 0.15) is 31.2 Å². The zero-order valence-corrected chi connectivity index (χ0v) is 12.6. The Balaban J connectivity index is 1.80. The summed E-state index contributed by atoms with van der Waals surface area (Å²) in [5.41, 5.74) is 3.27. The standard InChI is InChI=1S/C17H21NO3/c1-20-13-9-7-12(8-10-13)11-18-16(19)14-5-3-4-6-15(14)17(18)21-2/h7-10,17H,3-6,11H2,1-2H3/t17-/m1/s1. The minimum atomic E-state index is -0.185. The van der Waals surface area contributed by atoms with Crippen molar-refractivity contribution in [2.45, 2.75) is 38.5 Å². The highest BCUT2D eigenvalue weighted by molar-refractivity contribution is 5.97. The second-order valence-electron chi connectivity index (χ2n) is 5.58. The van der Waals surface area contributed by atoms with Gasteiger partial charge in [-0.2, -0.15) is 0 Å². The van der Waals surface area contributed by atoms with Gasteiger partial charge in [-0.15, -0.1) is 0 Å². The summed E-state index contributed by atoms with van der Waals surface area (Å²) >= 11 is 0. The van der Waals surface area contributed by atoms with E-state index in [0.717, 1.165) is 42.6 Å². The van der Waals surface area contributed by atoms with E-state index >= 15 is 0 Å². The fourth-order valence-electron chi connectivity index (χ4n) is 3.27. The molecule has 0 saturated carbocycles. The van der Waals surface area contributed by atoms with Crippen molar-refractivity contribution in [2.24, 2.45) is 0 Å². The Morgan fingerprint density at radius 1 is 1.14 bits per heavy atom. The lowest BCUT2D eigenvalue weighted by Crippen LogP contribution is -2.36. The Morgan fingerprint density at radius 3 is 2.52 bits per heavy atom. The van der Waals surface area contributed by atoms with Crippen molar-refractivity contribution < 1.29 is 14.3 Å². The summed E-state index contributed by atoms with van der Waals surface area (Å²) < 4.78 is 10.8. The van der Waals surface area contributed by atoms with Crippen LogP contribution in [0, 0.1) is 0 Å². The first-order chi connectivity index (χ1) is 10.2. The number of hydrogen-bond donors (Lipinski definition) is 0. The SMILES string of the molecule is COc1ccc(CN2C(=O)C3=C(CCCC3)[C@H]2OC)cc1. The molecule has 1 aromatic carbocycles. The number of ether oxygens (including phenoxy) is 2. The Kier molecular flexibility index (Phi) is 3.97. The van der Waals surface area contributed by atoms with Gasteiger partial charge in [0, 0.05) is 19.2 Å². The molecule has 2 aliphatic rings. The van der Waals surface area contributed by atoms with E-state index in [1.54, 1.807) is 14.2 Å². The minimum absolute atomic E-state index is 0.146. The molecule has 21 heavy (non-hydrogen) atoms. The zero-order valence-electron chi connectivity index (χ0n) is 12.6. The lowest BCUT2D eigenvalue weighted by molar-refractivity contribution is -0.134. The molecule has 0 fully saturated rings. The topological polar surface area (TPSA) is 38.8 Å². The molecule has 112 valence electrons. The van der Waals surface area contributed by atoms with E-state index in [2.05, 4.69) is 0 Å². The third kappa shape index (κ3) is 2.56. The summed E-state index contributed by atoms with van der Waals surface area (Å²) in [5, 5.41) is 0. The number of hydrogen-bond acceptors (Lipinski definition) is 3. The molecular weight excluding hydrogens is 266 g/mol. The number of benzene rings is 1. The Hall–Kier alpha value is -1.81. The van der Waals surface area contributed by atoms with Gasteiger partial charge in [0.15, 0.2) is 6.23 Å². The summed E-state index contributed by atoms with van der Waals surface area (Å²) in [4.78, 5) is 14.4. The van der Waals surface area contributed by atoms with Crippen LogP contribution in [-0.4, -0.2) is 31.3 Å². The monoisotopic (exact) mass is 287 g/mol. The van der Waals surface area contributed by atoms with Gasteiger partial charge in [0.05, 0.1) is 7.11 Å². The number of carbonyl (C=O) groups is 1. The maximum atomic E-state index is 12.6. The van der Waals surface area contributed by atoms with E-state index < -0.39 is 0 Å². The molecule has 1 heterocycles. The molecule has 0 saturated heterocycles. The van der Waals surface area contributed by atoms with Crippen LogP contribution in [0.5, 0.6) is 5.75 Å². The molecule has 1 aromatic rings. The van der Waals surface area contributed by atoms with E-state index in [1.807, 2.05) is 29.2 Å². The van der Waals surface area contributed by atoms with Crippen molar-refractivity contribution in [3.8, 4) is 5.75 Å². The molecule has 0 N–H and O–H groups in total. The van der Waals surface area contributed by atoms with Crippen LogP contribution in [0.15, 0.2) is 35.4 Å². The summed E-state index contributed by atoms with van der Waals surface area (Å²) in [7, 11) is 3.33. The second kappa shape index (κ2) is 5.90. The number of carbonyl (C=O) groups excluding carboxylic acids is 1. The average Bonchev–Trinajstić information content (AvgIpc) is 2.80. The number of nitrogens with zero attached hydrogens (tertiary/aromatic N) is 1. The van der Waals surface area contributed by atoms with Crippen LogP contribution in [-0.2, 0) is 16.1 Å². The summed E-state index contributed by atoms with van der Waals surface area (Å²) in [6, 6.07) is 7.84. The van der Waals surface area contributed by atoms with Crippen LogP contribution in [0.25, 0.3) is 0 Å². The van der Waals surface area contributed by atoms with E-state index in [1.165, 1.54) is 5.57 Å². The lowest BCUT2D eigenvalue weighted by Gasteiger charge is -2.26. The maximum Gasteiger partial charge on any atom is 0.252 e. The number of amides is 1. The van der Waals surface area contributed by atoms with Crippen molar-refractivity contribution in [2.75, 3.05) is 14.2 Å². The molecule has 0 radical (unpaired) electrons. The summed E-state index contributed by atoms with van der Waals surface area (Å²) in [5.74, 6) is 0.972. The summed E-state index contributed by atoms with van der Waals surface area (Å²) in [6.07, 6.45) is 3.96. The highest BCUT2D eigenvalue weighted by Crippen LogP contribution is 2.37. The lowest BCUT2D eigenvalue weighted by atomic mass is 9.93. The largest absolute Gasteiger partial charge is 0.497 e. The van der Waals surface area contributed by atoms with Crippen molar-refractivity contribution in [3.63, 3.8) is 0 Å². The van der Waals surface area contributed by atoms with Gasteiger partial charge >= 0.3 is 0 Å². The van der Waals surface area contributed by atoms with Crippen molar-refractivity contribution in [3.05, 3.63) is 41.0 Å². The van der Waals surface area contributed by atoms with Crippen molar-refractivity contribution in [1.29, 1.82) is 0 Å². The van der Waals surface area contributed by atoms with Gasteiger partial charge in [0.25, 0.3) is 5.91 Å². The third-order valence-electron chi connectivity index (χ3n) is 4.35. The molecular formula is C17H21NO3. The van der Waals surface area contributed by atoms with Gasteiger partial charge in [-0.25, -0.2) is 0 Å². The number of methoxy groups -OCH3 is 2. The zero-order chi connectivity index (χ0) is 14.8. The highest BCUT2D eigenvalue weighted by atomic mass is 16.5.